The Morgan fingerprint density at radius 3 is 2.38 bits per heavy atom. The smallest absolute Gasteiger partial charge is 0.253 e. The summed E-state index contributed by atoms with van der Waals surface area (Å²) in [6, 6.07) is 13.8. The maximum atomic E-state index is 13.1. The van der Waals surface area contributed by atoms with E-state index in [1.54, 1.807) is 29.2 Å². The normalized spacial score (nSPS) is 20.0. The molecule has 26 heavy (non-hydrogen) atoms. The van der Waals surface area contributed by atoms with Gasteiger partial charge in [-0.2, -0.15) is 0 Å². The number of likely N-dealkylation sites (tertiary alicyclic amines) is 1. The van der Waals surface area contributed by atoms with Crippen LogP contribution in [0.5, 0.6) is 0 Å². The van der Waals surface area contributed by atoms with Crippen LogP contribution in [-0.2, 0) is 4.79 Å². The zero-order valence-electron chi connectivity index (χ0n) is 14.5. The molecule has 1 unspecified atom stereocenters. The van der Waals surface area contributed by atoms with Gasteiger partial charge in [-0.05, 0) is 54.8 Å². The van der Waals surface area contributed by atoms with E-state index in [0.29, 0.717) is 25.1 Å². The van der Waals surface area contributed by atoms with E-state index in [1.165, 1.54) is 12.1 Å². The third-order valence-electron chi connectivity index (χ3n) is 5.32. The van der Waals surface area contributed by atoms with Crippen LogP contribution in [0, 0.1) is 5.82 Å². The Balaban J connectivity index is 1.43. The number of hydrogen-bond acceptors (Lipinski definition) is 2. The fourth-order valence-corrected chi connectivity index (χ4v) is 3.84. The van der Waals surface area contributed by atoms with Gasteiger partial charge in [-0.25, -0.2) is 4.39 Å². The molecule has 0 spiro atoms. The molecule has 2 fully saturated rings. The molecule has 2 aromatic rings. The largest absolute Gasteiger partial charge is 0.338 e. The van der Waals surface area contributed by atoms with Gasteiger partial charge in [0.25, 0.3) is 5.91 Å². The number of anilines is 1. The molecule has 2 aliphatic heterocycles. The topological polar surface area (TPSA) is 40.6 Å². The molecule has 0 N–H and O–H groups in total. The fourth-order valence-electron chi connectivity index (χ4n) is 3.84. The molecule has 2 saturated heterocycles. The van der Waals surface area contributed by atoms with E-state index < -0.39 is 0 Å². The van der Waals surface area contributed by atoms with Gasteiger partial charge in [-0.1, -0.05) is 12.1 Å². The Labute approximate surface area is 152 Å². The van der Waals surface area contributed by atoms with Crippen molar-refractivity contribution in [3.63, 3.8) is 0 Å². The minimum atomic E-state index is -0.240. The van der Waals surface area contributed by atoms with Crippen LogP contribution >= 0.6 is 0 Å². The molecule has 4 rings (SSSR count). The lowest BCUT2D eigenvalue weighted by Crippen LogP contribution is -2.28. The Kier molecular flexibility index (Phi) is 4.45. The highest BCUT2D eigenvalue weighted by Gasteiger charge is 2.28. The molecule has 0 aliphatic carbocycles. The van der Waals surface area contributed by atoms with Gasteiger partial charge in [0.1, 0.15) is 5.82 Å². The average molecular weight is 352 g/mol. The number of benzene rings is 2. The van der Waals surface area contributed by atoms with Gasteiger partial charge in [0.2, 0.25) is 5.91 Å². The molecular formula is C21H21FN2O2. The molecule has 0 radical (unpaired) electrons. The summed E-state index contributed by atoms with van der Waals surface area (Å²) >= 11 is 0. The first-order chi connectivity index (χ1) is 12.6. The van der Waals surface area contributed by atoms with Gasteiger partial charge in [-0.15, -0.1) is 0 Å². The zero-order valence-corrected chi connectivity index (χ0v) is 14.5. The molecule has 0 bridgehead atoms. The predicted octanol–water partition coefficient (Wildman–Crippen LogP) is 3.58. The lowest BCUT2D eigenvalue weighted by atomic mass is 9.98. The monoisotopic (exact) mass is 352 g/mol. The average Bonchev–Trinajstić information content (AvgIpc) is 3.31. The number of hydrogen-bond donors (Lipinski definition) is 0. The number of carbonyl (C=O) groups is 2. The Bertz CT molecular complexity index is 817. The van der Waals surface area contributed by atoms with E-state index in [-0.39, 0.29) is 23.5 Å². The van der Waals surface area contributed by atoms with Gasteiger partial charge in [0, 0.05) is 43.2 Å². The van der Waals surface area contributed by atoms with Gasteiger partial charge in [0.05, 0.1) is 0 Å². The molecule has 2 aromatic carbocycles. The second-order valence-corrected chi connectivity index (χ2v) is 6.98. The molecule has 0 aromatic heterocycles. The molecule has 5 heteroatoms. The van der Waals surface area contributed by atoms with E-state index in [4.69, 9.17) is 0 Å². The quantitative estimate of drug-likeness (QED) is 0.847. The van der Waals surface area contributed by atoms with E-state index in [0.717, 1.165) is 30.6 Å². The van der Waals surface area contributed by atoms with Crippen molar-refractivity contribution in [2.75, 3.05) is 24.5 Å². The van der Waals surface area contributed by atoms with E-state index in [9.17, 15) is 14.0 Å². The number of nitrogens with zero attached hydrogens (tertiary/aromatic N) is 2. The zero-order chi connectivity index (χ0) is 18.1. The van der Waals surface area contributed by atoms with Gasteiger partial charge >= 0.3 is 0 Å². The first kappa shape index (κ1) is 16.8. The third-order valence-corrected chi connectivity index (χ3v) is 5.32. The lowest BCUT2D eigenvalue weighted by molar-refractivity contribution is -0.117. The van der Waals surface area contributed by atoms with Crippen LogP contribution < -0.4 is 4.90 Å². The van der Waals surface area contributed by atoms with E-state index >= 15 is 0 Å². The van der Waals surface area contributed by atoms with Crippen molar-refractivity contribution in [3.05, 3.63) is 65.5 Å². The summed E-state index contributed by atoms with van der Waals surface area (Å²) in [4.78, 5) is 28.2. The SMILES string of the molecule is O=C(c1ccc(N2CCCC2=O)cc1)N1CCC(c2ccc(F)cc2)C1. The highest BCUT2D eigenvalue weighted by Crippen LogP contribution is 2.29. The summed E-state index contributed by atoms with van der Waals surface area (Å²) in [6.07, 6.45) is 2.37. The van der Waals surface area contributed by atoms with Crippen molar-refractivity contribution < 1.29 is 14.0 Å². The molecule has 134 valence electrons. The van der Waals surface area contributed by atoms with Crippen molar-refractivity contribution in [1.29, 1.82) is 0 Å². The third kappa shape index (κ3) is 3.21. The minimum Gasteiger partial charge on any atom is -0.338 e. The van der Waals surface area contributed by atoms with Crippen LogP contribution in [0.4, 0.5) is 10.1 Å². The standard InChI is InChI=1S/C21H21FN2O2/c22-18-7-3-15(4-8-18)17-11-13-23(14-17)21(26)16-5-9-19(10-6-16)24-12-1-2-20(24)25/h3-10,17H,1-2,11-14H2. The Hall–Kier alpha value is -2.69. The fraction of sp³-hybridized carbons (Fsp3) is 0.333. The molecule has 4 nitrogen and oxygen atoms in total. The summed E-state index contributed by atoms with van der Waals surface area (Å²) < 4.78 is 13.1. The first-order valence-electron chi connectivity index (χ1n) is 9.07. The summed E-state index contributed by atoms with van der Waals surface area (Å²) in [5.41, 5.74) is 2.57. The maximum Gasteiger partial charge on any atom is 0.253 e. The highest BCUT2D eigenvalue weighted by atomic mass is 19.1. The maximum absolute atomic E-state index is 13.1. The van der Waals surface area contributed by atoms with Crippen molar-refractivity contribution in [2.45, 2.75) is 25.2 Å². The van der Waals surface area contributed by atoms with Gasteiger partial charge in [-0.3, -0.25) is 9.59 Å². The van der Waals surface area contributed by atoms with Crippen molar-refractivity contribution in [3.8, 4) is 0 Å². The minimum absolute atomic E-state index is 0.00825. The van der Waals surface area contributed by atoms with Gasteiger partial charge in [0.15, 0.2) is 0 Å². The van der Waals surface area contributed by atoms with Crippen LogP contribution in [0.2, 0.25) is 0 Å². The number of halogens is 1. The number of amides is 2. The lowest BCUT2D eigenvalue weighted by Gasteiger charge is -2.19. The number of carbonyl (C=O) groups excluding carboxylic acids is 2. The second kappa shape index (κ2) is 6.90. The van der Waals surface area contributed by atoms with Crippen molar-refractivity contribution >= 4 is 17.5 Å². The molecule has 0 saturated carbocycles. The summed E-state index contributed by atoms with van der Waals surface area (Å²) in [5, 5.41) is 0. The van der Waals surface area contributed by atoms with Gasteiger partial charge < -0.3 is 9.80 Å². The van der Waals surface area contributed by atoms with E-state index in [2.05, 4.69) is 0 Å². The van der Waals surface area contributed by atoms with Crippen molar-refractivity contribution in [1.82, 2.24) is 4.90 Å². The van der Waals surface area contributed by atoms with Crippen molar-refractivity contribution in [2.24, 2.45) is 0 Å². The van der Waals surface area contributed by atoms with Crippen LogP contribution in [0.1, 0.15) is 41.1 Å². The van der Waals surface area contributed by atoms with E-state index in [1.807, 2.05) is 17.0 Å². The summed E-state index contributed by atoms with van der Waals surface area (Å²) in [5.74, 6) is 0.164. The van der Waals surface area contributed by atoms with Crippen LogP contribution in [0.3, 0.4) is 0 Å². The first-order valence-corrected chi connectivity index (χ1v) is 9.07. The van der Waals surface area contributed by atoms with Crippen LogP contribution in [-0.4, -0.2) is 36.3 Å². The molecule has 1 atom stereocenters. The van der Waals surface area contributed by atoms with Crippen LogP contribution in [0.25, 0.3) is 0 Å². The molecule has 2 amide bonds. The molecular weight excluding hydrogens is 331 g/mol. The molecule has 2 aliphatic rings. The predicted molar refractivity (Wildman–Crippen MR) is 97.7 cm³/mol. The number of rotatable bonds is 3. The van der Waals surface area contributed by atoms with Crippen LogP contribution in [0.15, 0.2) is 48.5 Å². The Morgan fingerprint density at radius 2 is 1.73 bits per heavy atom. The Morgan fingerprint density at radius 1 is 1.00 bits per heavy atom. The molecule has 2 heterocycles. The second-order valence-electron chi connectivity index (χ2n) is 6.98. The summed E-state index contributed by atoms with van der Waals surface area (Å²) in [7, 11) is 0. The highest BCUT2D eigenvalue weighted by molar-refractivity contribution is 5.97. The summed E-state index contributed by atoms with van der Waals surface area (Å²) in [6.45, 7) is 2.10.